The summed E-state index contributed by atoms with van der Waals surface area (Å²) in [6.07, 6.45) is -2.87. The van der Waals surface area contributed by atoms with Crippen molar-refractivity contribution in [3.63, 3.8) is 0 Å². The zero-order chi connectivity index (χ0) is 18.6. The number of phenolic OH excluding ortho intramolecular Hbond substituents is 2. The number of aromatic hydroxyl groups is 2. The summed E-state index contributed by atoms with van der Waals surface area (Å²) in [4.78, 5) is 24.1. The Morgan fingerprint density at radius 2 is 1.72 bits per heavy atom. The van der Waals surface area contributed by atoms with Crippen LogP contribution in [-0.2, 0) is 9.53 Å². The number of carbonyl (C=O) groups is 2. The molecule has 0 bridgehead atoms. The summed E-state index contributed by atoms with van der Waals surface area (Å²) in [5.74, 6) is -2.37. The molecule has 1 aromatic rings. The number of aliphatic hydroxyl groups is 2. The quantitative estimate of drug-likeness (QED) is 0.327. The van der Waals surface area contributed by atoms with Crippen LogP contribution in [0.4, 0.5) is 0 Å². The van der Waals surface area contributed by atoms with E-state index in [1.165, 1.54) is 0 Å². The first-order valence-corrected chi connectivity index (χ1v) is 8.24. The normalized spacial score (nSPS) is 26.1. The fraction of sp³-hybridized carbons (Fsp3) is 0.500. The van der Waals surface area contributed by atoms with Crippen LogP contribution in [0.1, 0.15) is 29.6 Å². The summed E-state index contributed by atoms with van der Waals surface area (Å²) in [5, 5.41) is 38.7. The Morgan fingerprint density at radius 1 is 1.04 bits per heavy atom. The summed E-state index contributed by atoms with van der Waals surface area (Å²) < 4.78 is 10.4. The van der Waals surface area contributed by atoms with E-state index in [1.807, 2.05) is 0 Å². The van der Waals surface area contributed by atoms with E-state index in [2.05, 4.69) is 12.6 Å². The van der Waals surface area contributed by atoms with Crippen LogP contribution < -0.4 is 4.74 Å². The third-order valence-corrected chi connectivity index (χ3v) is 4.20. The zero-order valence-corrected chi connectivity index (χ0v) is 14.2. The highest BCUT2D eigenvalue weighted by molar-refractivity contribution is 7.81. The molecule has 0 radical (unpaired) electrons. The Bertz CT molecular complexity index is 647. The first-order chi connectivity index (χ1) is 11.8. The van der Waals surface area contributed by atoms with E-state index >= 15 is 0 Å². The van der Waals surface area contributed by atoms with E-state index in [1.54, 1.807) is 0 Å². The van der Waals surface area contributed by atoms with Gasteiger partial charge in [0.2, 0.25) is 0 Å². The standard InChI is InChI=1S/C16H20O8S/c17-8-5-11(19)14-13(6-8)23-4-2-10(18)15(21)12(20)7-9(25)1-3-24-16(14)22/h5-6,9-10,15,17-19,21,25H,1-4,7H2/t9-,10+,15+/m1/s1. The molecule has 0 aromatic heterocycles. The molecule has 0 saturated heterocycles. The fourth-order valence-electron chi connectivity index (χ4n) is 2.38. The Kier molecular flexibility index (Phi) is 6.51. The molecule has 1 aliphatic rings. The van der Waals surface area contributed by atoms with Crippen LogP contribution in [0.3, 0.4) is 0 Å². The lowest BCUT2D eigenvalue weighted by Gasteiger charge is -2.20. The van der Waals surface area contributed by atoms with E-state index in [0.717, 1.165) is 12.1 Å². The third kappa shape index (κ3) is 5.00. The summed E-state index contributed by atoms with van der Waals surface area (Å²) in [6, 6.07) is 2.10. The predicted octanol–water partition coefficient (Wildman–Crippen LogP) is 0.407. The lowest BCUT2D eigenvalue weighted by Crippen LogP contribution is -2.36. The van der Waals surface area contributed by atoms with Crippen molar-refractivity contribution in [2.45, 2.75) is 36.7 Å². The molecule has 1 aliphatic heterocycles. The third-order valence-electron chi connectivity index (χ3n) is 3.76. The number of rotatable bonds is 0. The van der Waals surface area contributed by atoms with E-state index in [9.17, 15) is 30.0 Å². The number of hydrogen-bond acceptors (Lipinski definition) is 9. The van der Waals surface area contributed by atoms with Gasteiger partial charge in [-0.2, -0.15) is 12.6 Å². The van der Waals surface area contributed by atoms with Gasteiger partial charge < -0.3 is 29.9 Å². The molecule has 0 spiro atoms. The summed E-state index contributed by atoms with van der Waals surface area (Å²) in [5.41, 5.74) is -0.253. The monoisotopic (exact) mass is 372 g/mol. The Hall–Kier alpha value is -1.97. The van der Waals surface area contributed by atoms with Crippen molar-refractivity contribution in [1.82, 2.24) is 0 Å². The van der Waals surface area contributed by atoms with Crippen LogP contribution in [0.15, 0.2) is 12.1 Å². The number of ketones is 1. The number of aliphatic hydroxyl groups excluding tert-OH is 2. The number of hydrogen-bond donors (Lipinski definition) is 5. The van der Waals surface area contributed by atoms with Gasteiger partial charge in [0.15, 0.2) is 5.78 Å². The van der Waals surface area contributed by atoms with Gasteiger partial charge in [0.1, 0.15) is 28.9 Å². The largest absolute Gasteiger partial charge is 0.508 e. The molecule has 0 unspecified atom stereocenters. The maximum Gasteiger partial charge on any atom is 0.345 e. The van der Waals surface area contributed by atoms with Crippen LogP contribution in [0.5, 0.6) is 17.2 Å². The molecule has 0 fully saturated rings. The van der Waals surface area contributed by atoms with Gasteiger partial charge in [-0.25, -0.2) is 4.79 Å². The number of fused-ring (bicyclic) bond motifs is 1. The molecule has 0 aliphatic carbocycles. The summed E-state index contributed by atoms with van der Waals surface area (Å²) in [6.45, 7) is -0.238. The maximum atomic E-state index is 12.2. The molecule has 3 atom stereocenters. The Balaban J connectivity index is 2.27. The van der Waals surface area contributed by atoms with Crippen molar-refractivity contribution >= 4 is 24.4 Å². The Labute approximate surface area is 149 Å². The molecule has 9 heteroatoms. The van der Waals surface area contributed by atoms with Gasteiger partial charge in [-0.3, -0.25) is 4.79 Å². The van der Waals surface area contributed by atoms with Gasteiger partial charge in [0.05, 0.1) is 19.3 Å². The SMILES string of the molecule is O=C1OCC[C@@H](S)CC(=O)[C@@H](O)[C@@H](O)CCOc2cc(O)cc(O)c21. The molecule has 0 saturated carbocycles. The lowest BCUT2D eigenvalue weighted by atomic mass is 10.0. The number of Topliss-reactive ketones (excluding diaryl/α,β-unsaturated/α-hetero) is 1. The van der Waals surface area contributed by atoms with Crippen LogP contribution in [0.2, 0.25) is 0 Å². The predicted molar refractivity (Wildman–Crippen MR) is 89.2 cm³/mol. The van der Waals surface area contributed by atoms with E-state index in [4.69, 9.17) is 9.47 Å². The van der Waals surface area contributed by atoms with E-state index in [0.29, 0.717) is 0 Å². The molecule has 1 aromatic carbocycles. The maximum absolute atomic E-state index is 12.2. The number of carbonyl (C=O) groups excluding carboxylic acids is 2. The van der Waals surface area contributed by atoms with Crippen molar-refractivity contribution in [2.75, 3.05) is 13.2 Å². The molecule has 0 amide bonds. The lowest BCUT2D eigenvalue weighted by molar-refractivity contribution is -0.133. The van der Waals surface area contributed by atoms with E-state index in [-0.39, 0.29) is 49.5 Å². The second kappa shape index (κ2) is 8.41. The highest BCUT2D eigenvalue weighted by Crippen LogP contribution is 2.34. The molecule has 4 N–H and O–H groups in total. The molecule has 1 heterocycles. The second-order valence-corrected chi connectivity index (χ2v) is 6.47. The smallest absolute Gasteiger partial charge is 0.345 e. The van der Waals surface area contributed by atoms with Crippen molar-refractivity contribution in [1.29, 1.82) is 0 Å². The molecule has 2 rings (SSSR count). The summed E-state index contributed by atoms with van der Waals surface area (Å²) >= 11 is 4.21. The van der Waals surface area contributed by atoms with Crippen molar-refractivity contribution < 1.29 is 39.5 Å². The molecule has 8 nitrogen and oxygen atoms in total. The van der Waals surface area contributed by atoms with Crippen LogP contribution in [0, 0.1) is 0 Å². The minimum absolute atomic E-state index is 0.0707. The van der Waals surface area contributed by atoms with E-state index < -0.39 is 35.0 Å². The summed E-state index contributed by atoms with van der Waals surface area (Å²) in [7, 11) is 0. The average molecular weight is 372 g/mol. The first-order valence-electron chi connectivity index (χ1n) is 7.72. The highest BCUT2D eigenvalue weighted by atomic mass is 32.1. The topological polar surface area (TPSA) is 134 Å². The van der Waals surface area contributed by atoms with Crippen molar-refractivity contribution in [3.05, 3.63) is 17.7 Å². The number of esters is 1. The van der Waals surface area contributed by atoms with Crippen molar-refractivity contribution in [2.24, 2.45) is 0 Å². The fourth-order valence-corrected chi connectivity index (χ4v) is 2.67. The van der Waals surface area contributed by atoms with Gasteiger partial charge >= 0.3 is 5.97 Å². The van der Waals surface area contributed by atoms with Crippen LogP contribution in [-0.4, -0.2) is 62.9 Å². The minimum Gasteiger partial charge on any atom is -0.508 e. The van der Waals surface area contributed by atoms with Gasteiger partial charge in [-0.05, 0) is 6.42 Å². The first kappa shape index (κ1) is 19.4. The molecule has 138 valence electrons. The highest BCUT2D eigenvalue weighted by Gasteiger charge is 2.27. The number of ether oxygens (including phenoxy) is 2. The van der Waals surface area contributed by atoms with Gasteiger partial charge in [0.25, 0.3) is 0 Å². The molecular formula is C16H20O8S. The van der Waals surface area contributed by atoms with Crippen molar-refractivity contribution in [3.8, 4) is 17.2 Å². The van der Waals surface area contributed by atoms with Gasteiger partial charge in [0, 0.05) is 30.2 Å². The zero-order valence-electron chi connectivity index (χ0n) is 13.3. The number of thiol groups is 1. The minimum atomic E-state index is -1.57. The number of benzene rings is 1. The number of phenols is 2. The average Bonchev–Trinajstić information content (AvgIpc) is 2.52. The second-order valence-electron chi connectivity index (χ2n) is 5.74. The molecule has 25 heavy (non-hydrogen) atoms. The number of cyclic esters (lactones) is 1. The Morgan fingerprint density at radius 3 is 2.44 bits per heavy atom. The van der Waals surface area contributed by atoms with Crippen LogP contribution in [0.25, 0.3) is 0 Å². The van der Waals surface area contributed by atoms with Gasteiger partial charge in [-0.1, -0.05) is 0 Å². The van der Waals surface area contributed by atoms with Gasteiger partial charge in [-0.15, -0.1) is 0 Å². The van der Waals surface area contributed by atoms with Crippen LogP contribution >= 0.6 is 12.6 Å². The molecular weight excluding hydrogens is 352 g/mol.